The zero-order valence-corrected chi connectivity index (χ0v) is 26.5. The molecule has 0 aromatic heterocycles. The van der Waals surface area contributed by atoms with Crippen molar-refractivity contribution in [1.29, 1.82) is 0 Å². The predicted octanol–water partition coefficient (Wildman–Crippen LogP) is 7.04. The number of carbonyl (C=O) groups excluding carboxylic acids is 1. The predicted molar refractivity (Wildman–Crippen MR) is 168 cm³/mol. The number of hydrogen-bond donors (Lipinski definition) is 3. The molecule has 0 radical (unpaired) electrons. The Labute approximate surface area is 248 Å². The van der Waals surface area contributed by atoms with E-state index in [0.717, 1.165) is 30.1 Å². The number of ether oxygens (including phenoxy) is 2. The largest absolute Gasteiger partial charge is 0.504 e. The molecule has 2 aromatic carbocycles. The van der Waals surface area contributed by atoms with E-state index in [4.69, 9.17) is 9.47 Å². The highest BCUT2D eigenvalue weighted by atomic mass is 16.5. The lowest BCUT2D eigenvalue weighted by Gasteiger charge is -2.52. The maximum atomic E-state index is 10.9. The molecule has 2 amide bonds. The first-order chi connectivity index (χ1) is 19.7. The molecule has 228 valence electrons. The average molecular weight is 568 g/mol. The monoisotopic (exact) mass is 567 g/mol. The summed E-state index contributed by atoms with van der Waals surface area (Å²) in [6.45, 7) is 15.8. The quantitative estimate of drug-likeness (QED) is 0.334. The van der Waals surface area contributed by atoms with Gasteiger partial charge in [0.05, 0.1) is 6.61 Å². The molecule has 1 spiro atoms. The lowest BCUT2D eigenvalue weighted by Crippen LogP contribution is -2.60. The van der Waals surface area contributed by atoms with Crippen LogP contribution >= 0.6 is 0 Å². The van der Waals surface area contributed by atoms with Crippen LogP contribution in [-0.4, -0.2) is 62.0 Å². The normalized spacial score (nSPS) is 24.7. The maximum absolute atomic E-state index is 10.9. The Morgan fingerprint density at radius 2 is 1.93 bits per heavy atom. The minimum Gasteiger partial charge on any atom is -0.504 e. The molecule has 3 unspecified atom stereocenters. The van der Waals surface area contributed by atoms with Gasteiger partial charge in [0.25, 0.3) is 0 Å². The zero-order chi connectivity index (χ0) is 30.2. The number of nitrogens with one attached hydrogen (secondary N) is 2. The number of urea groups is 1. The van der Waals surface area contributed by atoms with Crippen LogP contribution in [0.5, 0.6) is 11.5 Å². The van der Waals surface area contributed by atoms with Gasteiger partial charge in [0.2, 0.25) is 0 Å². The highest BCUT2D eigenvalue weighted by Gasteiger charge is 2.58. The van der Waals surface area contributed by atoms with E-state index in [1.807, 2.05) is 45.0 Å². The van der Waals surface area contributed by atoms with Crippen LogP contribution in [0.15, 0.2) is 36.4 Å². The van der Waals surface area contributed by atoms with Gasteiger partial charge in [-0.2, -0.15) is 0 Å². The number of nitrogens with zero attached hydrogens (tertiary/aromatic N) is 1. The Balaban J connectivity index is 0.000000278. The molecule has 1 saturated carbocycles. The number of aromatic hydroxyl groups is 1. The Bertz CT molecular complexity index is 1130. The highest BCUT2D eigenvalue weighted by molar-refractivity contribution is 5.89. The molecule has 2 heterocycles. The lowest BCUT2D eigenvalue weighted by molar-refractivity contribution is -0.0408. The third-order valence-electron chi connectivity index (χ3n) is 8.89. The molecule has 3 aliphatic rings. The van der Waals surface area contributed by atoms with Gasteiger partial charge in [0, 0.05) is 43.4 Å². The van der Waals surface area contributed by atoms with Gasteiger partial charge in [0.15, 0.2) is 11.5 Å². The standard InChI is InChI=1S/C23H35NO3.C9H12N2O.C2H6/c1-5-6-18-16(3)24(13-17-8-9-17)12-11-23(18)20(14-26-4)27-22-19(25)10-7-15(2)21(22)23;1-7-4-3-5-8(6-7)11-9(12)10-2;1-2/h7,10,16-18,20,25H,5-6,8-9,11-14H2,1-4H3;3-6H,1-2H3,(H2,10,11,12);1-2H3/t16?,18?,20-,23?;;/m0../s1. The van der Waals surface area contributed by atoms with Gasteiger partial charge in [-0.05, 0) is 94.2 Å². The van der Waals surface area contributed by atoms with Gasteiger partial charge in [-0.3, -0.25) is 0 Å². The van der Waals surface area contributed by atoms with Crippen molar-refractivity contribution in [3.63, 3.8) is 0 Å². The molecule has 0 bridgehead atoms. The Morgan fingerprint density at radius 3 is 2.54 bits per heavy atom. The number of methoxy groups -OCH3 is 1. The van der Waals surface area contributed by atoms with Crippen LogP contribution in [0.2, 0.25) is 0 Å². The fraction of sp³-hybridized carbons (Fsp3) is 0.618. The molecular formula is C34H53N3O4. The van der Waals surface area contributed by atoms with Crippen molar-refractivity contribution in [2.24, 2.45) is 11.8 Å². The van der Waals surface area contributed by atoms with Crippen molar-refractivity contribution in [3.05, 3.63) is 53.1 Å². The highest BCUT2D eigenvalue weighted by Crippen LogP contribution is 2.58. The fourth-order valence-corrected chi connectivity index (χ4v) is 6.84. The molecule has 2 aromatic rings. The summed E-state index contributed by atoms with van der Waals surface area (Å²) < 4.78 is 12.0. The number of rotatable bonds is 7. The van der Waals surface area contributed by atoms with Crippen LogP contribution in [0.4, 0.5) is 10.5 Å². The number of fused-ring (bicyclic) bond motifs is 2. The van der Waals surface area contributed by atoms with Crippen LogP contribution in [-0.2, 0) is 10.2 Å². The Morgan fingerprint density at radius 1 is 1.20 bits per heavy atom. The second-order valence-corrected chi connectivity index (χ2v) is 11.6. The van der Waals surface area contributed by atoms with Crippen LogP contribution in [0.1, 0.15) is 76.5 Å². The van der Waals surface area contributed by atoms with Crippen molar-refractivity contribution >= 4 is 11.7 Å². The van der Waals surface area contributed by atoms with E-state index >= 15 is 0 Å². The Hall–Kier alpha value is -2.77. The first-order valence-corrected chi connectivity index (χ1v) is 15.5. The van der Waals surface area contributed by atoms with Crippen molar-refractivity contribution in [3.8, 4) is 11.5 Å². The van der Waals surface area contributed by atoms with Gasteiger partial charge in [-0.1, -0.05) is 45.4 Å². The van der Waals surface area contributed by atoms with Crippen molar-refractivity contribution in [1.82, 2.24) is 10.2 Å². The molecule has 1 saturated heterocycles. The molecule has 41 heavy (non-hydrogen) atoms. The summed E-state index contributed by atoms with van der Waals surface area (Å²) in [4.78, 5) is 13.6. The molecule has 4 atom stereocenters. The summed E-state index contributed by atoms with van der Waals surface area (Å²) in [5, 5.41) is 15.7. The maximum Gasteiger partial charge on any atom is 0.318 e. The first kappa shape index (κ1) is 32.7. The summed E-state index contributed by atoms with van der Waals surface area (Å²) in [5.41, 5.74) is 4.37. The molecule has 2 fully saturated rings. The summed E-state index contributed by atoms with van der Waals surface area (Å²) in [5.74, 6) is 2.41. The summed E-state index contributed by atoms with van der Waals surface area (Å²) in [6.07, 6.45) is 6.21. The van der Waals surface area contributed by atoms with Crippen molar-refractivity contribution < 1.29 is 19.4 Å². The van der Waals surface area contributed by atoms with E-state index in [0.29, 0.717) is 24.3 Å². The van der Waals surface area contributed by atoms with E-state index < -0.39 is 0 Å². The number of carbonyl (C=O) groups is 1. The summed E-state index contributed by atoms with van der Waals surface area (Å²) in [6, 6.07) is 11.8. The van der Waals surface area contributed by atoms with E-state index in [1.165, 1.54) is 43.4 Å². The van der Waals surface area contributed by atoms with Crippen LogP contribution in [0.25, 0.3) is 0 Å². The number of hydrogen-bond acceptors (Lipinski definition) is 5. The van der Waals surface area contributed by atoms with Gasteiger partial charge in [-0.25, -0.2) is 4.79 Å². The second-order valence-electron chi connectivity index (χ2n) is 11.6. The van der Waals surface area contributed by atoms with Gasteiger partial charge >= 0.3 is 6.03 Å². The number of benzene rings is 2. The number of anilines is 1. The van der Waals surface area contributed by atoms with E-state index in [1.54, 1.807) is 20.2 Å². The van der Waals surface area contributed by atoms with E-state index in [9.17, 15) is 9.90 Å². The van der Waals surface area contributed by atoms with E-state index in [-0.39, 0.29) is 23.3 Å². The number of piperidine rings is 1. The smallest absolute Gasteiger partial charge is 0.318 e. The molecular weight excluding hydrogens is 514 g/mol. The van der Waals surface area contributed by atoms with Crippen LogP contribution in [0, 0.1) is 25.7 Å². The number of phenolic OH excluding ortho intramolecular Hbond substituents is 1. The number of phenols is 1. The molecule has 3 N–H and O–H groups in total. The second kappa shape index (κ2) is 14.9. The van der Waals surface area contributed by atoms with Crippen molar-refractivity contribution in [2.45, 2.75) is 91.2 Å². The Kier molecular flexibility index (Phi) is 11.9. The zero-order valence-electron chi connectivity index (χ0n) is 26.5. The molecule has 7 heteroatoms. The van der Waals surface area contributed by atoms with Gasteiger partial charge < -0.3 is 30.1 Å². The van der Waals surface area contributed by atoms with Crippen LogP contribution < -0.4 is 15.4 Å². The third kappa shape index (κ3) is 7.36. The first-order valence-electron chi connectivity index (χ1n) is 15.5. The molecule has 5 rings (SSSR count). The minimum absolute atomic E-state index is 0.0217. The SMILES string of the molecule is CC.CCCC1C(C)N(CC2CC2)CCC12c1c(C)ccc(O)c1O[C@H]2COC.CNC(=O)Nc1cccc(C)c1. The van der Waals surface area contributed by atoms with Gasteiger partial charge in [-0.15, -0.1) is 0 Å². The number of aryl methyl sites for hydroxylation is 2. The topological polar surface area (TPSA) is 83.1 Å². The number of likely N-dealkylation sites (tertiary alicyclic amines) is 1. The summed E-state index contributed by atoms with van der Waals surface area (Å²) >= 11 is 0. The molecule has 7 nitrogen and oxygen atoms in total. The molecule has 1 aliphatic carbocycles. The number of amides is 2. The van der Waals surface area contributed by atoms with Crippen LogP contribution in [0.3, 0.4) is 0 Å². The third-order valence-corrected chi connectivity index (χ3v) is 8.89. The summed E-state index contributed by atoms with van der Waals surface area (Å²) in [7, 11) is 3.35. The minimum atomic E-state index is -0.194. The van der Waals surface area contributed by atoms with E-state index in [2.05, 4.69) is 42.4 Å². The van der Waals surface area contributed by atoms with Gasteiger partial charge in [0.1, 0.15) is 6.10 Å². The van der Waals surface area contributed by atoms with Crippen molar-refractivity contribution in [2.75, 3.05) is 39.2 Å². The lowest BCUT2D eigenvalue weighted by atomic mass is 9.59. The molecule has 2 aliphatic heterocycles. The fourth-order valence-electron chi connectivity index (χ4n) is 6.84. The average Bonchev–Trinajstić information content (AvgIpc) is 3.73.